The van der Waals surface area contributed by atoms with Crippen LogP contribution >= 0.6 is 11.3 Å². The molecule has 0 N–H and O–H groups in total. The van der Waals surface area contributed by atoms with E-state index in [9.17, 15) is 0 Å². The molecule has 0 aliphatic heterocycles. The molecule has 0 spiro atoms. The summed E-state index contributed by atoms with van der Waals surface area (Å²) in [5, 5.41) is 2.15. The van der Waals surface area contributed by atoms with E-state index in [1.165, 1.54) is 0 Å². The highest BCUT2D eigenvalue weighted by atomic mass is 32.1. The predicted molar refractivity (Wildman–Crippen MR) is 250 cm³/mol. The summed E-state index contributed by atoms with van der Waals surface area (Å²) in [4.78, 5) is 30.7. The second kappa shape index (κ2) is 15.6. The van der Waals surface area contributed by atoms with Crippen LogP contribution in [0.5, 0.6) is 0 Å². The van der Waals surface area contributed by atoms with Gasteiger partial charge in [0.25, 0.3) is 0 Å². The number of nitrogens with zero attached hydrogens (tertiary/aromatic N) is 6. The molecular formula is C54H34N6S. The molecule has 0 atom stereocenters. The Hall–Kier alpha value is -8.00. The van der Waals surface area contributed by atoms with E-state index in [-0.39, 0.29) is 0 Å². The fraction of sp³-hybridized carbons (Fsp3) is 0. The van der Waals surface area contributed by atoms with Gasteiger partial charge in [-0.2, -0.15) is 0 Å². The van der Waals surface area contributed by atoms with Gasteiger partial charge in [0.2, 0.25) is 0 Å². The topological polar surface area (TPSA) is 77.3 Å². The monoisotopic (exact) mass is 798 g/mol. The van der Waals surface area contributed by atoms with Gasteiger partial charge in [0, 0.05) is 53.6 Å². The Bertz CT molecular complexity index is 3220. The van der Waals surface area contributed by atoms with Gasteiger partial charge in [-0.1, -0.05) is 164 Å². The van der Waals surface area contributed by atoms with Crippen molar-refractivity contribution in [2.75, 3.05) is 0 Å². The highest BCUT2D eigenvalue weighted by Gasteiger charge is 2.20. The maximum atomic E-state index is 5.33. The van der Waals surface area contributed by atoms with E-state index >= 15 is 0 Å². The molecule has 0 saturated heterocycles. The molecule has 0 aliphatic carbocycles. The first kappa shape index (κ1) is 36.1. The maximum absolute atomic E-state index is 5.33. The second-order valence-electron chi connectivity index (χ2n) is 14.7. The second-order valence-corrected chi connectivity index (χ2v) is 15.8. The Morgan fingerprint density at radius 1 is 0.246 bits per heavy atom. The molecule has 0 bridgehead atoms. The van der Waals surface area contributed by atoms with Crippen molar-refractivity contribution < 1.29 is 0 Å². The van der Waals surface area contributed by atoms with E-state index in [2.05, 4.69) is 103 Å². The highest BCUT2D eigenvalue weighted by Crippen LogP contribution is 2.42. The number of thiophene rings is 1. The maximum Gasteiger partial charge on any atom is 0.164 e. The van der Waals surface area contributed by atoms with Crippen LogP contribution in [0.2, 0.25) is 0 Å². The number of benzene rings is 8. The molecule has 8 aromatic carbocycles. The lowest BCUT2D eigenvalue weighted by molar-refractivity contribution is 1.07. The molecule has 0 unspecified atom stereocenters. The van der Waals surface area contributed by atoms with Crippen LogP contribution in [0, 0.1) is 0 Å². The van der Waals surface area contributed by atoms with Crippen LogP contribution in [0.4, 0.5) is 0 Å². The Balaban J connectivity index is 1.11. The average molecular weight is 799 g/mol. The van der Waals surface area contributed by atoms with Crippen molar-refractivity contribution in [3.05, 3.63) is 206 Å². The van der Waals surface area contributed by atoms with Gasteiger partial charge in [-0.05, 0) is 64.7 Å². The van der Waals surface area contributed by atoms with E-state index in [0.717, 1.165) is 75.8 Å². The summed E-state index contributed by atoms with van der Waals surface area (Å²) < 4.78 is 2.28. The lowest BCUT2D eigenvalue weighted by atomic mass is 9.96. The Morgan fingerprint density at radius 3 is 1.11 bits per heavy atom. The number of hydrogen-bond donors (Lipinski definition) is 0. The van der Waals surface area contributed by atoms with E-state index in [0.29, 0.717) is 34.9 Å². The zero-order valence-electron chi connectivity index (χ0n) is 32.7. The smallest absolute Gasteiger partial charge is 0.164 e. The quantitative estimate of drug-likeness (QED) is 0.152. The van der Waals surface area contributed by atoms with E-state index in [1.54, 1.807) is 11.3 Å². The molecule has 11 aromatic rings. The molecule has 3 heterocycles. The highest BCUT2D eigenvalue weighted by molar-refractivity contribution is 7.26. The van der Waals surface area contributed by atoms with Gasteiger partial charge in [0.15, 0.2) is 34.9 Å². The number of hydrogen-bond acceptors (Lipinski definition) is 7. The van der Waals surface area contributed by atoms with Gasteiger partial charge in [-0.25, -0.2) is 29.9 Å². The molecule has 61 heavy (non-hydrogen) atoms. The van der Waals surface area contributed by atoms with E-state index < -0.39 is 0 Å². The van der Waals surface area contributed by atoms with Crippen molar-refractivity contribution in [2.24, 2.45) is 0 Å². The average Bonchev–Trinajstić information content (AvgIpc) is 3.73. The summed E-state index contributed by atoms with van der Waals surface area (Å²) in [5.41, 5.74) is 9.91. The molecular weight excluding hydrogens is 765 g/mol. The Labute approximate surface area is 356 Å². The van der Waals surface area contributed by atoms with Gasteiger partial charge in [-0.15, -0.1) is 11.3 Å². The third-order valence-corrected chi connectivity index (χ3v) is 11.9. The molecule has 286 valence electrons. The van der Waals surface area contributed by atoms with Crippen LogP contribution in [0.15, 0.2) is 206 Å². The molecule has 0 fully saturated rings. The largest absolute Gasteiger partial charge is 0.208 e. The molecule has 7 heteroatoms. The molecule has 0 aliphatic rings. The predicted octanol–water partition coefficient (Wildman–Crippen LogP) is 13.8. The standard InChI is InChI=1S/C54H34N6S/c1-6-17-35(18-7-1)41-31-42(36-19-8-2-9-20-36)33-43(32-41)53-58-51(39-25-14-5-15-26-39)59-54(60-53)44-27-16-28-47-48(44)45-34-40(29-30-46(45)61-47)52-56-49(37-21-10-3-11-22-37)55-50(57-52)38-23-12-4-13-24-38/h1-34H. The van der Waals surface area contributed by atoms with Crippen LogP contribution in [-0.2, 0) is 0 Å². The number of fused-ring (bicyclic) bond motifs is 3. The first-order valence-electron chi connectivity index (χ1n) is 20.1. The first-order chi connectivity index (χ1) is 30.2. The fourth-order valence-corrected chi connectivity index (χ4v) is 8.90. The zero-order chi connectivity index (χ0) is 40.5. The van der Waals surface area contributed by atoms with Gasteiger partial charge in [-0.3, -0.25) is 0 Å². The van der Waals surface area contributed by atoms with Crippen LogP contribution in [0.25, 0.3) is 111 Å². The van der Waals surface area contributed by atoms with Crippen LogP contribution in [-0.4, -0.2) is 29.9 Å². The summed E-state index contributed by atoms with van der Waals surface area (Å²) in [6.07, 6.45) is 0. The normalized spacial score (nSPS) is 11.3. The third kappa shape index (κ3) is 7.13. The van der Waals surface area contributed by atoms with Crippen LogP contribution in [0.1, 0.15) is 0 Å². The third-order valence-electron chi connectivity index (χ3n) is 10.8. The van der Waals surface area contributed by atoms with Crippen molar-refractivity contribution in [1.29, 1.82) is 0 Å². The minimum absolute atomic E-state index is 0.600. The summed E-state index contributed by atoms with van der Waals surface area (Å²) >= 11 is 1.75. The molecule has 0 radical (unpaired) electrons. The van der Waals surface area contributed by atoms with Crippen molar-refractivity contribution in [3.8, 4) is 90.6 Å². The minimum atomic E-state index is 0.600. The lowest BCUT2D eigenvalue weighted by Crippen LogP contribution is -2.01. The van der Waals surface area contributed by atoms with Gasteiger partial charge < -0.3 is 0 Å². The fourth-order valence-electron chi connectivity index (χ4n) is 7.78. The van der Waals surface area contributed by atoms with Gasteiger partial charge >= 0.3 is 0 Å². The Kier molecular flexibility index (Phi) is 9.26. The van der Waals surface area contributed by atoms with Crippen molar-refractivity contribution in [1.82, 2.24) is 29.9 Å². The Morgan fingerprint density at radius 2 is 0.639 bits per heavy atom. The van der Waals surface area contributed by atoms with Crippen molar-refractivity contribution in [3.63, 3.8) is 0 Å². The molecule has 6 nitrogen and oxygen atoms in total. The lowest BCUT2D eigenvalue weighted by Gasteiger charge is -2.13. The minimum Gasteiger partial charge on any atom is -0.208 e. The SMILES string of the molecule is c1ccc(-c2cc(-c3ccccc3)cc(-c3nc(-c4ccccc4)nc(-c4cccc5sc6ccc(-c7nc(-c8ccccc8)nc(-c8ccccc8)n7)cc6c45)n3)c2)cc1. The molecule has 3 aromatic heterocycles. The summed E-state index contributed by atoms with van der Waals surface area (Å²) in [5.74, 6) is 3.66. The molecule has 11 rings (SSSR count). The van der Waals surface area contributed by atoms with Crippen molar-refractivity contribution >= 4 is 31.5 Å². The van der Waals surface area contributed by atoms with Crippen molar-refractivity contribution in [2.45, 2.75) is 0 Å². The van der Waals surface area contributed by atoms with E-state index in [1.807, 2.05) is 103 Å². The number of rotatable bonds is 8. The van der Waals surface area contributed by atoms with E-state index in [4.69, 9.17) is 29.9 Å². The zero-order valence-corrected chi connectivity index (χ0v) is 33.5. The summed E-state index contributed by atoms with van der Waals surface area (Å²) in [7, 11) is 0. The summed E-state index contributed by atoms with van der Waals surface area (Å²) in [6.45, 7) is 0. The molecule has 0 saturated carbocycles. The van der Waals surface area contributed by atoms with Gasteiger partial charge in [0.1, 0.15) is 0 Å². The molecule has 0 amide bonds. The van der Waals surface area contributed by atoms with Crippen LogP contribution < -0.4 is 0 Å². The summed E-state index contributed by atoms with van der Waals surface area (Å²) in [6, 6.07) is 70.7. The first-order valence-corrected chi connectivity index (χ1v) is 20.9. The van der Waals surface area contributed by atoms with Crippen LogP contribution in [0.3, 0.4) is 0 Å². The number of aromatic nitrogens is 6. The van der Waals surface area contributed by atoms with Gasteiger partial charge in [0.05, 0.1) is 0 Å².